The molecule has 162 valence electrons. The van der Waals surface area contributed by atoms with Crippen molar-refractivity contribution in [3.05, 3.63) is 71.8 Å². The van der Waals surface area contributed by atoms with Crippen LogP contribution in [0.1, 0.15) is 57.6 Å². The molecule has 0 radical (unpaired) electrons. The molecule has 0 aliphatic heterocycles. The number of hydrogen-bond donors (Lipinski definition) is 1. The van der Waals surface area contributed by atoms with Crippen molar-refractivity contribution < 1.29 is 14.6 Å². The Morgan fingerprint density at radius 2 is 1.40 bits per heavy atom. The maximum atomic E-state index is 11.7. The van der Waals surface area contributed by atoms with Crippen molar-refractivity contribution in [2.45, 2.75) is 77.8 Å². The molecule has 0 heterocycles. The molecule has 1 N–H and O–H groups in total. The second-order valence-corrected chi connectivity index (χ2v) is 9.53. The molecule has 1 atom stereocenters. The molecule has 0 spiro atoms. The number of benzene rings is 2. The first-order valence-electron chi connectivity index (χ1n) is 11.0. The van der Waals surface area contributed by atoms with E-state index in [1.165, 1.54) is 11.1 Å². The lowest BCUT2D eigenvalue weighted by atomic mass is 9.87. The molecule has 2 aromatic carbocycles. The van der Waals surface area contributed by atoms with E-state index < -0.39 is 17.5 Å². The van der Waals surface area contributed by atoms with Crippen molar-refractivity contribution in [1.82, 2.24) is 4.90 Å². The second kappa shape index (κ2) is 10.2. The summed E-state index contributed by atoms with van der Waals surface area (Å²) in [5, 5.41) is 9.57. The van der Waals surface area contributed by atoms with Crippen molar-refractivity contribution in [2.75, 3.05) is 0 Å². The molecule has 0 amide bonds. The first-order valence-corrected chi connectivity index (χ1v) is 11.0. The van der Waals surface area contributed by atoms with Crippen LogP contribution in [0.15, 0.2) is 60.7 Å². The number of ether oxygens (including phenoxy) is 1. The maximum Gasteiger partial charge on any atom is 0.333 e. The van der Waals surface area contributed by atoms with Gasteiger partial charge in [-0.15, -0.1) is 0 Å². The zero-order valence-electron chi connectivity index (χ0n) is 18.5. The average molecular weight is 410 g/mol. The smallest absolute Gasteiger partial charge is 0.333 e. The number of hydrogen-bond acceptors (Lipinski definition) is 3. The Hall–Kier alpha value is -2.17. The fourth-order valence-corrected chi connectivity index (χ4v) is 4.32. The summed E-state index contributed by atoms with van der Waals surface area (Å²) in [6, 6.07) is 21.7. The molecule has 0 aromatic heterocycles. The van der Waals surface area contributed by atoms with Crippen molar-refractivity contribution in [3.63, 3.8) is 0 Å². The van der Waals surface area contributed by atoms with Crippen molar-refractivity contribution in [1.29, 1.82) is 0 Å². The van der Waals surface area contributed by atoms with Crippen molar-refractivity contribution >= 4 is 5.97 Å². The highest BCUT2D eigenvalue weighted by molar-refractivity contribution is 5.73. The molecule has 3 rings (SSSR count). The standard InChI is InChI=1S/C26H35NO3/c1-26(2,3)24(25(28)29)30-23-16-14-22(15-17-23)27(18-20-10-6-4-7-11-20)19-21-12-8-5-9-13-21/h4-13,22-24H,14-19H2,1-3H3,(H,28,29). The van der Waals surface area contributed by atoms with Crippen molar-refractivity contribution in [2.24, 2.45) is 5.41 Å². The zero-order chi connectivity index (χ0) is 21.6. The van der Waals surface area contributed by atoms with Crippen LogP contribution in [0.5, 0.6) is 0 Å². The monoisotopic (exact) mass is 409 g/mol. The highest BCUT2D eigenvalue weighted by atomic mass is 16.5. The Bertz CT molecular complexity index is 735. The summed E-state index contributed by atoms with van der Waals surface area (Å²) in [4.78, 5) is 14.2. The molecule has 1 aliphatic rings. The van der Waals surface area contributed by atoms with Gasteiger partial charge in [0.05, 0.1) is 6.10 Å². The number of carboxylic acid groups (broad SMARTS) is 1. The van der Waals surface area contributed by atoms with Gasteiger partial charge in [0, 0.05) is 19.1 Å². The van der Waals surface area contributed by atoms with Gasteiger partial charge >= 0.3 is 5.97 Å². The van der Waals surface area contributed by atoms with Gasteiger partial charge in [-0.2, -0.15) is 0 Å². The first-order chi connectivity index (χ1) is 14.3. The zero-order valence-corrected chi connectivity index (χ0v) is 18.5. The average Bonchev–Trinajstić information content (AvgIpc) is 2.72. The quantitative estimate of drug-likeness (QED) is 0.624. The minimum atomic E-state index is -0.862. The van der Waals surface area contributed by atoms with E-state index in [1.807, 2.05) is 20.8 Å². The summed E-state index contributed by atoms with van der Waals surface area (Å²) in [5.41, 5.74) is 2.24. The van der Waals surface area contributed by atoms with Gasteiger partial charge in [0.2, 0.25) is 0 Å². The number of rotatable bonds is 8. The first kappa shape index (κ1) is 22.5. The summed E-state index contributed by atoms with van der Waals surface area (Å²) in [6.45, 7) is 7.63. The van der Waals surface area contributed by atoms with Gasteiger partial charge in [0.15, 0.2) is 6.10 Å². The number of aliphatic carboxylic acids is 1. The summed E-state index contributed by atoms with van der Waals surface area (Å²) >= 11 is 0. The fraction of sp³-hybridized carbons (Fsp3) is 0.500. The number of carbonyl (C=O) groups is 1. The third kappa shape index (κ3) is 6.41. The summed E-state index contributed by atoms with van der Waals surface area (Å²) in [7, 11) is 0. The molecule has 1 saturated carbocycles. The molecule has 2 aromatic rings. The van der Waals surface area contributed by atoms with Crippen LogP contribution in [0.4, 0.5) is 0 Å². The van der Waals surface area contributed by atoms with E-state index in [-0.39, 0.29) is 6.10 Å². The topological polar surface area (TPSA) is 49.8 Å². The Balaban J connectivity index is 1.64. The van der Waals surface area contributed by atoms with E-state index in [2.05, 4.69) is 65.6 Å². The Morgan fingerprint density at radius 1 is 0.933 bits per heavy atom. The molecule has 1 aliphatic carbocycles. The second-order valence-electron chi connectivity index (χ2n) is 9.53. The third-order valence-electron chi connectivity index (χ3n) is 5.96. The van der Waals surface area contributed by atoms with Crippen LogP contribution in [-0.4, -0.2) is 34.2 Å². The lowest BCUT2D eigenvalue weighted by Gasteiger charge is -2.39. The van der Waals surface area contributed by atoms with Crippen LogP contribution in [-0.2, 0) is 22.6 Å². The van der Waals surface area contributed by atoms with E-state index in [0.717, 1.165) is 38.8 Å². The van der Waals surface area contributed by atoms with Crippen LogP contribution in [0.2, 0.25) is 0 Å². The summed E-state index contributed by atoms with van der Waals surface area (Å²) < 4.78 is 6.06. The molecular formula is C26H35NO3. The molecular weight excluding hydrogens is 374 g/mol. The Kier molecular flexibility index (Phi) is 7.68. The number of carboxylic acids is 1. The predicted molar refractivity (Wildman–Crippen MR) is 120 cm³/mol. The van der Waals surface area contributed by atoms with Crippen LogP contribution >= 0.6 is 0 Å². The van der Waals surface area contributed by atoms with E-state index in [4.69, 9.17) is 4.74 Å². The molecule has 30 heavy (non-hydrogen) atoms. The van der Waals surface area contributed by atoms with E-state index >= 15 is 0 Å². The van der Waals surface area contributed by atoms with Gasteiger partial charge in [-0.25, -0.2) is 4.79 Å². The van der Waals surface area contributed by atoms with Gasteiger partial charge in [-0.1, -0.05) is 81.4 Å². The van der Waals surface area contributed by atoms with Crippen LogP contribution < -0.4 is 0 Å². The normalized spacial score (nSPS) is 20.8. The molecule has 4 heteroatoms. The number of nitrogens with zero attached hydrogens (tertiary/aromatic N) is 1. The minimum Gasteiger partial charge on any atom is -0.479 e. The largest absolute Gasteiger partial charge is 0.479 e. The third-order valence-corrected chi connectivity index (χ3v) is 5.96. The van der Waals surface area contributed by atoms with Gasteiger partial charge < -0.3 is 9.84 Å². The molecule has 0 saturated heterocycles. The molecule has 0 bridgehead atoms. The maximum absolute atomic E-state index is 11.7. The molecule has 1 unspecified atom stereocenters. The highest BCUT2D eigenvalue weighted by Gasteiger charge is 2.36. The lowest BCUT2D eigenvalue weighted by Crippen LogP contribution is -2.43. The van der Waals surface area contributed by atoms with Crippen LogP contribution in [0, 0.1) is 5.41 Å². The molecule has 1 fully saturated rings. The minimum absolute atomic E-state index is 0.0249. The highest BCUT2D eigenvalue weighted by Crippen LogP contribution is 2.31. The van der Waals surface area contributed by atoms with E-state index in [1.54, 1.807) is 0 Å². The van der Waals surface area contributed by atoms with Gasteiger partial charge in [-0.3, -0.25) is 4.90 Å². The fourth-order valence-electron chi connectivity index (χ4n) is 4.32. The predicted octanol–water partition coefficient (Wildman–Crippen LogP) is 5.52. The van der Waals surface area contributed by atoms with Gasteiger partial charge in [0.25, 0.3) is 0 Å². The Labute approximate surface area is 180 Å². The summed E-state index contributed by atoms with van der Waals surface area (Å²) in [5.74, 6) is -0.862. The lowest BCUT2D eigenvalue weighted by molar-refractivity contribution is -0.166. The van der Waals surface area contributed by atoms with Crippen LogP contribution in [0.3, 0.4) is 0 Å². The summed E-state index contributed by atoms with van der Waals surface area (Å²) in [6.07, 6.45) is 3.14. The molecule has 4 nitrogen and oxygen atoms in total. The Morgan fingerprint density at radius 3 is 1.80 bits per heavy atom. The van der Waals surface area contributed by atoms with Gasteiger partial charge in [0.1, 0.15) is 0 Å². The van der Waals surface area contributed by atoms with E-state index in [0.29, 0.717) is 6.04 Å². The van der Waals surface area contributed by atoms with Crippen molar-refractivity contribution in [3.8, 4) is 0 Å². The van der Waals surface area contributed by atoms with E-state index in [9.17, 15) is 9.90 Å². The van der Waals surface area contributed by atoms with Crippen LogP contribution in [0.25, 0.3) is 0 Å². The SMILES string of the molecule is CC(C)(C)C(OC1CCC(N(Cc2ccccc2)Cc2ccccc2)CC1)C(=O)O. The van der Waals surface area contributed by atoms with Gasteiger partial charge in [-0.05, 0) is 42.2 Å².